The second-order valence-corrected chi connectivity index (χ2v) is 8.56. The number of hydrogen-bond acceptors (Lipinski definition) is 4. The molecule has 6 heteroatoms. The smallest absolute Gasteiger partial charge is 0.211 e. The molecular formula is C13H24N2O2S2. The lowest BCUT2D eigenvalue weighted by atomic mass is 9.93. The van der Waals surface area contributed by atoms with E-state index < -0.39 is 10.0 Å². The van der Waals surface area contributed by atoms with Crippen LogP contribution in [0.3, 0.4) is 0 Å². The topological polar surface area (TPSA) is 59.1 Å². The van der Waals surface area contributed by atoms with Gasteiger partial charge in [0.25, 0.3) is 0 Å². The third-order valence-electron chi connectivity index (χ3n) is 2.75. The third-order valence-corrected chi connectivity index (χ3v) is 5.13. The monoisotopic (exact) mass is 304 g/mol. The van der Waals surface area contributed by atoms with Gasteiger partial charge in [0.05, 0.1) is 16.5 Å². The molecule has 0 bridgehead atoms. The van der Waals surface area contributed by atoms with Gasteiger partial charge in [0.2, 0.25) is 10.0 Å². The van der Waals surface area contributed by atoms with Crippen LogP contribution in [0.25, 0.3) is 0 Å². The highest BCUT2D eigenvalue weighted by Gasteiger charge is 2.17. The number of thiazole rings is 1. The number of hydrogen-bond donors (Lipinski definition) is 1. The Labute approximate surface area is 120 Å². The van der Waals surface area contributed by atoms with Crippen LogP contribution in [0.1, 0.15) is 51.2 Å². The summed E-state index contributed by atoms with van der Waals surface area (Å²) in [6.45, 7) is 8.79. The van der Waals surface area contributed by atoms with Crippen LogP contribution < -0.4 is 4.72 Å². The van der Waals surface area contributed by atoms with E-state index in [1.165, 1.54) is 0 Å². The molecule has 1 N–H and O–H groups in total. The van der Waals surface area contributed by atoms with Crippen molar-refractivity contribution in [2.45, 2.75) is 52.4 Å². The molecule has 19 heavy (non-hydrogen) atoms. The van der Waals surface area contributed by atoms with Gasteiger partial charge in [-0.2, -0.15) is 0 Å². The van der Waals surface area contributed by atoms with Crippen molar-refractivity contribution >= 4 is 21.4 Å². The number of nitrogens with zero attached hydrogens (tertiary/aromatic N) is 1. The van der Waals surface area contributed by atoms with Crippen LogP contribution in [0, 0.1) is 0 Å². The first kappa shape index (κ1) is 16.6. The highest BCUT2D eigenvalue weighted by atomic mass is 32.2. The Morgan fingerprint density at radius 1 is 1.37 bits per heavy atom. The summed E-state index contributed by atoms with van der Waals surface area (Å²) in [5.41, 5.74) is 1.12. The van der Waals surface area contributed by atoms with Gasteiger partial charge in [0.15, 0.2) is 0 Å². The minimum absolute atomic E-state index is 0.0510. The van der Waals surface area contributed by atoms with Crippen LogP contribution in [-0.4, -0.2) is 25.7 Å². The predicted molar refractivity (Wildman–Crippen MR) is 81.2 cm³/mol. The number of unbranched alkanes of at least 4 members (excludes halogenated alkanes) is 1. The summed E-state index contributed by atoms with van der Waals surface area (Å²) in [6.07, 6.45) is 2.26. The Hall–Kier alpha value is -0.460. The molecule has 0 unspecified atom stereocenters. The summed E-state index contributed by atoms with van der Waals surface area (Å²) < 4.78 is 25.9. The normalized spacial score (nSPS) is 12.8. The maximum Gasteiger partial charge on any atom is 0.211 e. The van der Waals surface area contributed by atoms with E-state index in [1.54, 1.807) is 11.3 Å². The van der Waals surface area contributed by atoms with Gasteiger partial charge < -0.3 is 0 Å². The molecule has 0 aromatic carbocycles. The molecule has 0 saturated heterocycles. The molecule has 1 aromatic rings. The molecule has 4 nitrogen and oxygen atoms in total. The lowest BCUT2D eigenvalue weighted by Gasteiger charge is -2.14. The summed E-state index contributed by atoms with van der Waals surface area (Å²) in [7, 11) is -3.11. The lowest BCUT2D eigenvalue weighted by Crippen LogP contribution is -2.28. The van der Waals surface area contributed by atoms with E-state index in [0.717, 1.165) is 17.1 Å². The SMILES string of the molecule is CCCCS(=O)(=O)NCCc1nc(C(C)(C)C)cs1. The zero-order chi connectivity index (χ0) is 14.5. The summed E-state index contributed by atoms with van der Waals surface area (Å²) >= 11 is 1.60. The van der Waals surface area contributed by atoms with Crippen LogP contribution in [0.15, 0.2) is 5.38 Å². The Morgan fingerprint density at radius 3 is 2.58 bits per heavy atom. The van der Waals surface area contributed by atoms with E-state index in [1.807, 2.05) is 6.92 Å². The molecule has 1 aromatic heterocycles. The fraction of sp³-hybridized carbons (Fsp3) is 0.769. The van der Waals surface area contributed by atoms with E-state index in [9.17, 15) is 8.42 Å². The van der Waals surface area contributed by atoms with E-state index in [4.69, 9.17) is 0 Å². The lowest BCUT2D eigenvalue weighted by molar-refractivity contribution is 0.568. The van der Waals surface area contributed by atoms with Gasteiger partial charge in [-0.3, -0.25) is 0 Å². The van der Waals surface area contributed by atoms with Crippen LogP contribution in [-0.2, 0) is 21.9 Å². The van der Waals surface area contributed by atoms with Gasteiger partial charge in [-0.15, -0.1) is 11.3 Å². The zero-order valence-corrected chi connectivity index (χ0v) is 13.8. The van der Waals surface area contributed by atoms with Crippen LogP contribution >= 0.6 is 11.3 Å². The molecule has 0 radical (unpaired) electrons. The summed E-state index contributed by atoms with van der Waals surface area (Å²) in [4.78, 5) is 4.55. The maximum absolute atomic E-state index is 11.6. The number of nitrogens with one attached hydrogen (secondary N) is 1. The second-order valence-electron chi connectivity index (χ2n) is 5.69. The number of aromatic nitrogens is 1. The molecule has 0 saturated carbocycles. The average Bonchev–Trinajstić information content (AvgIpc) is 2.74. The van der Waals surface area contributed by atoms with Crippen molar-refractivity contribution in [2.24, 2.45) is 0 Å². The maximum atomic E-state index is 11.6. The van der Waals surface area contributed by atoms with Crippen molar-refractivity contribution in [2.75, 3.05) is 12.3 Å². The Balaban J connectivity index is 2.44. The van der Waals surface area contributed by atoms with Crippen LogP contribution in [0.5, 0.6) is 0 Å². The van der Waals surface area contributed by atoms with Crippen molar-refractivity contribution in [1.29, 1.82) is 0 Å². The zero-order valence-electron chi connectivity index (χ0n) is 12.2. The Bertz CT molecular complexity index is 487. The van der Waals surface area contributed by atoms with Crippen LogP contribution in [0.4, 0.5) is 0 Å². The third kappa shape index (κ3) is 6.01. The van der Waals surface area contributed by atoms with E-state index in [0.29, 0.717) is 19.4 Å². The molecule has 0 amide bonds. The Morgan fingerprint density at radius 2 is 2.05 bits per heavy atom. The highest BCUT2D eigenvalue weighted by Crippen LogP contribution is 2.23. The summed E-state index contributed by atoms with van der Waals surface area (Å²) in [5.74, 6) is 0.217. The van der Waals surface area contributed by atoms with Crippen molar-refractivity contribution in [3.8, 4) is 0 Å². The first-order chi connectivity index (χ1) is 8.74. The van der Waals surface area contributed by atoms with Gasteiger partial charge >= 0.3 is 0 Å². The van der Waals surface area contributed by atoms with Crippen molar-refractivity contribution in [1.82, 2.24) is 9.71 Å². The van der Waals surface area contributed by atoms with Gasteiger partial charge in [-0.1, -0.05) is 34.1 Å². The molecule has 0 spiro atoms. The standard InChI is InChI=1S/C13H24N2O2S2/c1-5-6-9-19(16,17)14-8-7-12-15-11(10-18-12)13(2,3)4/h10,14H,5-9H2,1-4H3. The largest absolute Gasteiger partial charge is 0.246 e. The number of sulfonamides is 1. The van der Waals surface area contributed by atoms with E-state index in [2.05, 4.69) is 35.9 Å². The van der Waals surface area contributed by atoms with Gasteiger partial charge in [0.1, 0.15) is 0 Å². The molecule has 0 aliphatic rings. The molecule has 0 atom stereocenters. The van der Waals surface area contributed by atoms with Crippen molar-refractivity contribution in [3.05, 3.63) is 16.1 Å². The summed E-state index contributed by atoms with van der Waals surface area (Å²) in [6, 6.07) is 0. The first-order valence-electron chi connectivity index (χ1n) is 6.67. The fourth-order valence-corrected chi connectivity index (χ4v) is 3.74. The molecule has 1 heterocycles. The average molecular weight is 304 g/mol. The molecule has 1 rings (SSSR count). The van der Waals surface area contributed by atoms with Crippen molar-refractivity contribution in [3.63, 3.8) is 0 Å². The van der Waals surface area contributed by atoms with Crippen LogP contribution in [0.2, 0.25) is 0 Å². The number of rotatable bonds is 7. The fourth-order valence-electron chi connectivity index (χ4n) is 1.49. The molecule has 110 valence electrons. The summed E-state index contributed by atoms with van der Waals surface area (Å²) in [5, 5.41) is 3.05. The van der Waals surface area contributed by atoms with Gasteiger partial charge in [-0.05, 0) is 6.42 Å². The second kappa shape index (κ2) is 6.81. The molecule has 0 aliphatic carbocycles. The van der Waals surface area contributed by atoms with E-state index >= 15 is 0 Å². The Kier molecular flexibility index (Phi) is 5.95. The van der Waals surface area contributed by atoms with Gasteiger partial charge in [0, 0.05) is 23.8 Å². The quantitative estimate of drug-likeness (QED) is 0.842. The van der Waals surface area contributed by atoms with Gasteiger partial charge in [-0.25, -0.2) is 18.1 Å². The molecular weight excluding hydrogens is 280 g/mol. The van der Waals surface area contributed by atoms with Crippen molar-refractivity contribution < 1.29 is 8.42 Å². The molecule has 0 aliphatic heterocycles. The first-order valence-corrected chi connectivity index (χ1v) is 9.20. The minimum Gasteiger partial charge on any atom is -0.246 e. The highest BCUT2D eigenvalue weighted by molar-refractivity contribution is 7.89. The predicted octanol–water partition coefficient (Wildman–Crippen LogP) is 2.70. The molecule has 0 fully saturated rings. The van der Waals surface area contributed by atoms with E-state index in [-0.39, 0.29) is 11.2 Å². The minimum atomic E-state index is -3.11.